The number of benzene rings is 2. The summed E-state index contributed by atoms with van der Waals surface area (Å²) in [4.78, 5) is 11.8. The molecule has 0 aromatic heterocycles. The first-order valence-corrected chi connectivity index (χ1v) is 5.52. The molecule has 0 aliphatic heterocycles. The van der Waals surface area contributed by atoms with E-state index in [-0.39, 0.29) is 11.5 Å². The van der Waals surface area contributed by atoms with Crippen LogP contribution in [0.4, 0.5) is 5.69 Å². The molecular weight excluding hydrogens is 226 g/mol. The number of carbonyl (C=O) groups excluding carboxylic acids is 1. The predicted molar refractivity (Wildman–Crippen MR) is 72.3 cm³/mol. The molecule has 0 saturated carbocycles. The molecule has 0 amide bonds. The lowest BCUT2D eigenvalue weighted by atomic mass is 10.1. The van der Waals surface area contributed by atoms with E-state index in [0.717, 1.165) is 5.56 Å². The van der Waals surface area contributed by atoms with E-state index in [9.17, 15) is 4.79 Å². The van der Waals surface area contributed by atoms with Crippen LogP contribution in [0.15, 0.2) is 54.6 Å². The summed E-state index contributed by atoms with van der Waals surface area (Å²) in [5.74, 6) is 0.125. The van der Waals surface area contributed by atoms with Gasteiger partial charge in [0, 0.05) is 11.3 Å². The Balaban J connectivity index is 2.11. The minimum atomic E-state index is -0.0805. The molecule has 0 radical (unpaired) electrons. The van der Waals surface area contributed by atoms with Crippen molar-refractivity contribution in [2.24, 2.45) is 0 Å². The Morgan fingerprint density at radius 2 is 1.61 bits per heavy atom. The molecule has 0 bridgehead atoms. The van der Waals surface area contributed by atoms with Crippen LogP contribution >= 0.6 is 0 Å². The zero-order valence-electron chi connectivity index (χ0n) is 9.71. The summed E-state index contributed by atoms with van der Waals surface area (Å²) in [6.45, 7) is 0. The molecular formula is C15H13NO2. The van der Waals surface area contributed by atoms with Crippen molar-refractivity contribution in [3.63, 3.8) is 0 Å². The van der Waals surface area contributed by atoms with Crippen LogP contribution in [0.3, 0.4) is 0 Å². The number of hydrogen-bond donors (Lipinski definition) is 2. The summed E-state index contributed by atoms with van der Waals surface area (Å²) in [6.07, 6.45) is 3.20. The van der Waals surface area contributed by atoms with Crippen LogP contribution in [-0.2, 0) is 0 Å². The molecule has 0 spiro atoms. The molecule has 0 saturated heterocycles. The van der Waals surface area contributed by atoms with Crippen LogP contribution in [0, 0.1) is 0 Å². The number of nitrogens with two attached hydrogens (primary N) is 1. The lowest BCUT2D eigenvalue weighted by Crippen LogP contribution is -1.94. The van der Waals surface area contributed by atoms with Gasteiger partial charge in [-0.05, 0) is 48.0 Å². The maximum absolute atomic E-state index is 11.8. The summed E-state index contributed by atoms with van der Waals surface area (Å²) in [6, 6.07) is 13.4. The van der Waals surface area contributed by atoms with E-state index in [4.69, 9.17) is 10.8 Å². The van der Waals surface area contributed by atoms with Crippen LogP contribution in [0.1, 0.15) is 15.9 Å². The van der Waals surface area contributed by atoms with Gasteiger partial charge in [-0.2, -0.15) is 0 Å². The fourth-order valence-electron chi connectivity index (χ4n) is 1.50. The highest BCUT2D eigenvalue weighted by Gasteiger charge is 2.00. The number of carbonyl (C=O) groups is 1. The van der Waals surface area contributed by atoms with Crippen molar-refractivity contribution in [1.29, 1.82) is 0 Å². The van der Waals surface area contributed by atoms with Crippen molar-refractivity contribution >= 4 is 17.5 Å². The van der Waals surface area contributed by atoms with E-state index in [0.29, 0.717) is 11.3 Å². The minimum Gasteiger partial charge on any atom is -0.508 e. The summed E-state index contributed by atoms with van der Waals surface area (Å²) in [7, 11) is 0. The highest BCUT2D eigenvalue weighted by molar-refractivity contribution is 6.06. The lowest BCUT2D eigenvalue weighted by Gasteiger charge is -1.97. The predicted octanol–water partition coefficient (Wildman–Crippen LogP) is 2.87. The highest BCUT2D eigenvalue weighted by atomic mass is 16.3. The summed E-state index contributed by atoms with van der Waals surface area (Å²) in [5.41, 5.74) is 7.64. The monoisotopic (exact) mass is 239 g/mol. The van der Waals surface area contributed by atoms with E-state index < -0.39 is 0 Å². The number of rotatable bonds is 3. The molecule has 3 heteroatoms. The summed E-state index contributed by atoms with van der Waals surface area (Å²) >= 11 is 0. The second-order valence-electron chi connectivity index (χ2n) is 3.91. The van der Waals surface area contributed by atoms with Gasteiger partial charge in [-0.15, -0.1) is 0 Å². The summed E-state index contributed by atoms with van der Waals surface area (Å²) < 4.78 is 0. The molecule has 0 unspecified atom stereocenters. The van der Waals surface area contributed by atoms with Crippen LogP contribution < -0.4 is 5.73 Å². The Morgan fingerprint density at radius 1 is 1.00 bits per heavy atom. The van der Waals surface area contributed by atoms with Crippen molar-refractivity contribution in [2.75, 3.05) is 5.73 Å². The highest BCUT2D eigenvalue weighted by Crippen LogP contribution is 2.12. The number of phenolic OH excluding ortho intramolecular Hbond substituents is 1. The first-order valence-electron chi connectivity index (χ1n) is 5.52. The zero-order valence-corrected chi connectivity index (χ0v) is 9.71. The maximum Gasteiger partial charge on any atom is 0.185 e. The van der Waals surface area contributed by atoms with E-state index >= 15 is 0 Å². The third-order valence-corrected chi connectivity index (χ3v) is 2.52. The number of phenols is 1. The number of aromatic hydroxyl groups is 1. The molecule has 3 nitrogen and oxygen atoms in total. The molecule has 90 valence electrons. The Morgan fingerprint density at radius 3 is 2.22 bits per heavy atom. The molecule has 0 aliphatic carbocycles. The molecule has 0 aliphatic rings. The van der Waals surface area contributed by atoms with Crippen molar-refractivity contribution in [3.05, 3.63) is 65.7 Å². The van der Waals surface area contributed by atoms with Gasteiger partial charge in [-0.1, -0.05) is 18.2 Å². The largest absolute Gasteiger partial charge is 0.508 e. The Hall–Kier alpha value is -2.55. The SMILES string of the molecule is Nc1ccc(C(=O)/C=C\c2ccc(O)cc2)cc1. The Bertz CT molecular complexity index is 568. The topological polar surface area (TPSA) is 63.3 Å². The van der Waals surface area contributed by atoms with Gasteiger partial charge in [-0.3, -0.25) is 4.79 Å². The van der Waals surface area contributed by atoms with Gasteiger partial charge < -0.3 is 10.8 Å². The molecule has 3 N–H and O–H groups in total. The molecule has 0 atom stereocenters. The van der Waals surface area contributed by atoms with E-state index in [1.165, 1.54) is 6.08 Å². The van der Waals surface area contributed by atoms with Gasteiger partial charge in [0.2, 0.25) is 0 Å². The molecule has 2 aromatic rings. The van der Waals surface area contributed by atoms with Crippen LogP contribution in [0.25, 0.3) is 6.08 Å². The number of nitrogen functional groups attached to an aromatic ring is 1. The number of allylic oxidation sites excluding steroid dienone is 1. The number of ketones is 1. The molecule has 2 rings (SSSR count). The van der Waals surface area contributed by atoms with Crippen LogP contribution in [0.5, 0.6) is 5.75 Å². The summed E-state index contributed by atoms with van der Waals surface area (Å²) in [5, 5.41) is 9.14. The van der Waals surface area contributed by atoms with Gasteiger partial charge in [0.15, 0.2) is 5.78 Å². The first-order chi connectivity index (χ1) is 8.65. The smallest absolute Gasteiger partial charge is 0.185 e. The fraction of sp³-hybridized carbons (Fsp3) is 0. The van der Waals surface area contributed by atoms with Gasteiger partial charge >= 0.3 is 0 Å². The van der Waals surface area contributed by atoms with Crippen molar-refractivity contribution in [3.8, 4) is 5.75 Å². The lowest BCUT2D eigenvalue weighted by molar-refractivity contribution is 0.104. The standard InChI is InChI=1S/C15H13NO2/c16-13-6-4-12(5-7-13)15(18)10-3-11-1-8-14(17)9-2-11/h1-10,17H,16H2/b10-3-. The number of anilines is 1. The Labute approximate surface area is 105 Å². The van der Waals surface area contributed by atoms with E-state index in [1.54, 1.807) is 54.6 Å². The fourth-order valence-corrected chi connectivity index (χ4v) is 1.50. The molecule has 2 aromatic carbocycles. The van der Waals surface area contributed by atoms with Crippen LogP contribution in [-0.4, -0.2) is 10.9 Å². The Kier molecular flexibility index (Phi) is 3.44. The molecule has 0 heterocycles. The second-order valence-corrected chi connectivity index (χ2v) is 3.91. The average molecular weight is 239 g/mol. The van der Waals surface area contributed by atoms with Crippen molar-refractivity contribution in [1.82, 2.24) is 0 Å². The van der Waals surface area contributed by atoms with Crippen LogP contribution in [0.2, 0.25) is 0 Å². The molecule has 0 fully saturated rings. The first kappa shape index (κ1) is 11.9. The zero-order chi connectivity index (χ0) is 13.0. The molecule has 18 heavy (non-hydrogen) atoms. The quantitative estimate of drug-likeness (QED) is 0.492. The average Bonchev–Trinajstić information content (AvgIpc) is 2.38. The van der Waals surface area contributed by atoms with Crippen molar-refractivity contribution < 1.29 is 9.90 Å². The third kappa shape index (κ3) is 2.98. The minimum absolute atomic E-state index is 0.0805. The van der Waals surface area contributed by atoms with Gasteiger partial charge in [-0.25, -0.2) is 0 Å². The number of hydrogen-bond acceptors (Lipinski definition) is 3. The van der Waals surface area contributed by atoms with Gasteiger partial charge in [0.25, 0.3) is 0 Å². The normalized spacial score (nSPS) is 10.7. The second kappa shape index (κ2) is 5.19. The van der Waals surface area contributed by atoms with E-state index in [1.807, 2.05) is 0 Å². The van der Waals surface area contributed by atoms with Gasteiger partial charge in [0.05, 0.1) is 0 Å². The third-order valence-electron chi connectivity index (χ3n) is 2.52. The van der Waals surface area contributed by atoms with E-state index in [2.05, 4.69) is 0 Å². The van der Waals surface area contributed by atoms with Gasteiger partial charge in [0.1, 0.15) is 5.75 Å². The van der Waals surface area contributed by atoms with Crippen molar-refractivity contribution in [2.45, 2.75) is 0 Å². The maximum atomic E-state index is 11.8.